The predicted molar refractivity (Wildman–Crippen MR) is 196 cm³/mol. The van der Waals surface area contributed by atoms with Gasteiger partial charge >= 0.3 is 6.09 Å². The first kappa shape index (κ1) is 32.0. The summed E-state index contributed by atoms with van der Waals surface area (Å²) < 4.78 is 12.2. The standard InChI is InChI=1S/C44H36N2O5/c47-41-44(37-23-13-14-24-39(37)46(41)42(48)50-30-34-19-9-3-10-20-34)38-26-25-36(27-40(38)51-31-43(44,49)35-21-11-4-12-22-35)45(28-32-15-5-1-6-16-32)29-33-17-7-2-8-18-33/h1-27,49H,28-31H2/t43-,44+/m0/s1. The molecule has 0 unspecified atom stereocenters. The molecule has 0 aromatic heterocycles. The average Bonchev–Trinajstić information content (AvgIpc) is 3.45. The van der Waals surface area contributed by atoms with E-state index in [1.165, 1.54) is 0 Å². The Hall–Kier alpha value is -6.18. The van der Waals surface area contributed by atoms with Gasteiger partial charge in [-0.15, -0.1) is 0 Å². The predicted octanol–water partition coefficient (Wildman–Crippen LogP) is 8.14. The molecule has 2 heterocycles. The molecular weight excluding hydrogens is 636 g/mol. The highest BCUT2D eigenvalue weighted by molar-refractivity contribution is 6.23. The number of hydrogen-bond acceptors (Lipinski definition) is 6. The second-order valence-electron chi connectivity index (χ2n) is 13.0. The van der Waals surface area contributed by atoms with Crippen LogP contribution in [0.2, 0.25) is 0 Å². The molecule has 0 saturated carbocycles. The number of para-hydroxylation sites is 1. The van der Waals surface area contributed by atoms with Gasteiger partial charge < -0.3 is 19.5 Å². The third-order valence-corrected chi connectivity index (χ3v) is 9.94. The Morgan fingerprint density at radius 2 is 1.24 bits per heavy atom. The van der Waals surface area contributed by atoms with Crippen molar-refractivity contribution in [2.45, 2.75) is 30.7 Å². The molecule has 8 rings (SSSR count). The molecule has 0 fully saturated rings. The number of hydrogen-bond donors (Lipinski definition) is 1. The van der Waals surface area contributed by atoms with Gasteiger partial charge in [0.05, 0.1) is 5.69 Å². The Kier molecular flexibility index (Phi) is 8.34. The summed E-state index contributed by atoms with van der Waals surface area (Å²) in [6.45, 7) is 1.04. The second kappa shape index (κ2) is 13.3. The second-order valence-corrected chi connectivity index (χ2v) is 13.0. The van der Waals surface area contributed by atoms with Gasteiger partial charge in [-0.05, 0) is 34.4 Å². The highest BCUT2D eigenvalue weighted by Crippen LogP contribution is 2.60. The Bertz CT molecular complexity index is 2140. The lowest BCUT2D eigenvalue weighted by atomic mass is 9.60. The minimum atomic E-state index is -1.88. The molecule has 6 aromatic carbocycles. The zero-order valence-corrected chi connectivity index (χ0v) is 27.9. The van der Waals surface area contributed by atoms with Crippen molar-refractivity contribution in [3.63, 3.8) is 0 Å². The number of ether oxygens (including phenoxy) is 2. The van der Waals surface area contributed by atoms with Crippen molar-refractivity contribution in [2.75, 3.05) is 16.4 Å². The summed E-state index contributed by atoms with van der Waals surface area (Å²) >= 11 is 0. The van der Waals surface area contributed by atoms with Crippen molar-refractivity contribution in [3.8, 4) is 5.75 Å². The lowest BCUT2D eigenvalue weighted by molar-refractivity contribution is -0.138. The van der Waals surface area contributed by atoms with Crippen molar-refractivity contribution in [2.24, 2.45) is 0 Å². The lowest BCUT2D eigenvalue weighted by Gasteiger charge is -2.48. The van der Waals surface area contributed by atoms with E-state index in [1.54, 1.807) is 24.3 Å². The molecule has 0 aliphatic carbocycles. The van der Waals surface area contributed by atoms with Gasteiger partial charge in [0.15, 0.2) is 0 Å². The molecule has 7 nitrogen and oxygen atoms in total. The van der Waals surface area contributed by atoms with Gasteiger partial charge in [0, 0.05) is 36.0 Å². The highest BCUT2D eigenvalue weighted by Gasteiger charge is 2.68. The molecule has 2 aliphatic heterocycles. The first-order valence-corrected chi connectivity index (χ1v) is 17.0. The van der Waals surface area contributed by atoms with E-state index in [2.05, 4.69) is 29.2 Å². The molecule has 1 spiro atoms. The number of anilines is 2. The van der Waals surface area contributed by atoms with E-state index in [9.17, 15) is 9.90 Å². The maximum atomic E-state index is 15.2. The van der Waals surface area contributed by atoms with E-state index in [0.29, 0.717) is 41.2 Å². The summed E-state index contributed by atoms with van der Waals surface area (Å²) in [5, 5.41) is 13.0. The number of rotatable bonds is 8. The van der Waals surface area contributed by atoms with Crippen LogP contribution in [0.25, 0.3) is 0 Å². The lowest BCUT2D eigenvalue weighted by Crippen LogP contribution is -2.61. The smallest absolute Gasteiger partial charge is 0.421 e. The highest BCUT2D eigenvalue weighted by atomic mass is 16.6. The van der Waals surface area contributed by atoms with Crippen LogP contribution in [0.15, 0.2) is 164 Å². The zero-order chi connectivity index (χ0) is 34.8. The van der Waals surface area contributed by atoms with Crippen molar-refractivity contribution in [1.82, 2.24) is 0 Å². The third kappa shape index (κ3) is 5.52. The minimum Gasteiger partial charge on any atom is -0.490 e. The van der Waals surface area contributed by atoms with Gasteiger partial charge in [-0.2, -0.15) is 0 Å². The number of fused-ring (bicyclic) bond motifs is 4. The summed E-state index contributed by atoms with van der Waals surface area (Å²) in [6, 6.07) is 51.8. The van der Waals surface area contributed by atoms with Crippen LogP contribution in [0.5, 0.6) is 5.75 Å². The topological polar surface area (TPSA) is 79.3 Å². The number of amides is 2. The van der Waals surface area contributed by atoms with Gasteiger partial charge in [-0.3, -0.25) is 4.79 Å². The van der Waals surface area contributed by atoms with Gasteiger partial charge in [0.1, 0.15) is 30.0 Å². The van der Waals surface area contributed by atoms with Gasteiger partial charge in [0.25, 0.3) is 5.91 Å². The quantitative estimate of drug-likeness (QED) is 0.176. The molecule has 6 aromatic rings. The molecule has 2 aliphatic rings. The normalized spacial score (nSPS) is 18.8. The van der Waals surface area contributed by atoms with Crippen molar-refractivity contribution in [1.29, 1.82) is 0 Å². The maximum Gasteiger partial charge on any atom is 0.421 e. The van der Waals surface area contributed by atoms with E-state index in [1.807, 2.05) is 115 Å². The first-order valence-electron chi connectivity index (χ1n) is 17.0. The Morgan fingerprint density at radius 3 is 1.86 bits per heavy atom. The number of nitrogens with zero attached hydrogens (tertiary/aromatic N) is 2. The maximum absolute atomic E-state index is 15.2. The van der Waals surface area contributed by atoms with Gasteiger partial charge in [-0.25, -0.2) is 9.69 Å². The van der Waals surface area contributed by atoms with Crippen LogP contribution in [0.1, 0.15) is 33.4 Å². The number of carbonyl (C=O) groups excluding carboxylic acids is 2. The molecule has 1 N–H and O–H groups in total. The summed E-state index contributed by atoms with van der Waals surface area (Å²) in [5.74, 6) is -0.141. The Balaban J connectivity index is 1.26. The summed E-state index contributed by atoms with van der Waals surface area (Å²) in [7, 11) is 0. The Morgan fingerprint density at radius 1 is 0.686 bits per heavy atom. The molecule has 0 bridgehead atoms. The van der Waals surface area contributed by atoms with Crippen LogP contribution in [0.4, 0.5) is 16.2 Å². The van der Waals surface area contributed by atoms with E-state index in [0.717, 1.165) is 27.3 Å². The van der Waals surface area contributed by atoms with Crippen LogP contribution < -0.4 is 14.5 Å². The van der Waals surface area contributed by atoms with E-state index < -0.39 is 23.0 Å². The summed E-state index contributed by atoms with van der Waals surface area (Å²) in [6.07, 6.45) is -0.815. The van der Waals surface area contributed by atoms with Gasteiger partial charge in [0.2, 0.25) is 0 Å². The first-order chi connectivity index (χ1) is 25.0. The summed E-state index contributed by atoms with van der Waals surface area (Å²) in [4.78, 5) is 32.5. The molecule has 2 amide bonds. The van der Waals surface area contributed by atoms with E-state index in [-0.39, 0.29) is 13.2 Å². The largest absolute Gasteiger partial charge is 0.490 e. The molecule has 2 atom stereocenters. The van der Waals surface area contributed by atoms with E-state index >= 15 is 4.79 Å². The van der Waals surface area contributed by atoms with Gasteiger partial charge in [-0.1, -0.05) is 146 Å². The van der Waals surface area contributed by atoms with Crippen LogP contribution in [-0.2, 0) is 40.2 Å². The number of aliphatic hydroxyl groups is 1. The molecule has 7 heteroatoms. The fourth-order valence-electron chi connectivity index (χ4n) is 7.51. The van der Waals surface area contributed by atoms with Crippen LogP contribution in [-0.4, -0.2) is 23.7 Å². The molecule has 0 saturated heterocycles. The average molecular weight is 673 g/mol. The molecular formula is C44H36N2O5. The molecule has 51 heavy (non-hydrogen) atoms. The SMILES string of the molecule is O=C(OCc1ccccc1)N1C(=O)[C@]2(c3ccc(N(Cc4ccccc4)Cc4ccccc4)cc3OC[C@]2(O)c2ccccc2)c2ccccc21. The third-order valence-electron chi connectivity index (χ3n) is 9.94. The van der Waals surface area contributed by atoms with E-state index in [4.69, 9.17) is 9.47 Å². The number of benzene rings is 6. The zero-order valence-electron chi connectivity index (χ0n) is 27.9. The van der Waals surface area contributed by atoms with Crippen molar-refractivity contribution in [3.05, 3.63) is 197 Å². The molecule has 252 valence electrons. The van der Waals surface area contributed by atoms with Crippen LogP contribution in [0, 0.1) is 0 Å². The van der Waals surface area contributed by atoms with Crippen molar-refractivity contribution >= 4 is 23.4 Å². The van der Waals surface area contributed by atoms with Crippen molar-refractivity contribution < 1.29 is 24.2 Å². The monoisotopic (exact) mass is 672 g/mol. The fourth-order valence-corrected chi connectivity index (χ4v) is 7.51. The molecule has 0 radical (unpaired) electrons. The summed E-state index contributed by atoms with van der Waals surface area (Å²) in [5.41, 5.74) is 2.20. The van der Waals surface area contributed by atoms with Crippen LogP contribution in [0.3, 0.4) is 0 Å². The fraction of sp³-hybridized carbons (Fsp3) is 0.136. The number of imide groups is 1. The van der Waals surface area contributed by atoms with Crippen LogP contribution >= 0.6 is 0 Å². The Labute approximate surface area is 296 Å². The minimum absolute atomic E-state index is 0.0106. The number of carbonyl (C=O) groups is 2.